The highest BCUT2D eigenvalue weighted by Gasteiger charge is 2.06. The molecule has 1 rings (SSSR count). The van der Waals surface area contributed by atoms with Gasteiger partial charge in [-0.1, -0.05) is 12.1 Å². The van der Waals surface area contributed by atoms with E-state index in [1.165, 1.54) is 6.92 Å². The molecule has 94 valence electrons. The van der Waals surface area contributed by atoms with E-state index < -0.39 is 0 Å². The molecule has 0 atom stereocenters. The van der Waals surface area contributed by atoms with Gasteiger partial charge in [-0.05, 0) is 26.0 Å². The van der Waals surface area contributed by atoms with E-state index in [0.717, 1.165) is 0 Å². The number of para-hydroxylation sites is 2. The molecule has 0 radical (unpaired) electrons. The van der Waals surface area contributed by atoms with Crippen LogP contribution in [-0.2, 0) is 9.53 Å². The molecular formula is C13H18O4. The van der Waals surface area contributed by atoms with Crippen LogP contribution >= 0.6 is 0 Å². The van der Waals surface area contributed by atoms with Crippen LogP contribution < -0.4 is 9.47 Å². The number of carbonyl (C=O) groups excluding carboxylic acids is 1. The van der Waals surface area contributed by atoms with Crippen molar-refractivity contribution in [2.75, 3.05) is 13.2 Å². The fourth-order valence-electron chi connectivity index (χ4n) is 1.24. The van der Waals surface area contributed by atoms with Crippen LogP contribution in [0.1, 0.15) is 20.8 Å². The fourth-order valence-corrected chi connectivity index (χ4v) is 1.24. The van der Waals surface area contributed by atoms with E-state index in [-0.39, 0.29) is 12.1 Å². The third-order valence-electron chi connectivity index (χ3n) is 1.89. The predicted octanol–water partition coefficient (Wildman–Crippen LogP) is 2.42. The van der Waals surface area contributed by atoms with E-state index in [0.29, 0.717) is 24.7 Å². The molecule has 0 aromatic heterocycles. The highest BCUT2D eigenvalue weighted by molar-refractivity contribution is 5.70. The summed E-state index contributed by atoms with van der Waals surface area (Å²) in [5, 5.41) is 0. The molecule has 0 N–H and O–H groups in total. The molecule has 0 heterocycles. The molecule has 0 spiro atoms. The number of rotatable bonds is 6. The molecule has 1 aromatic carbocycles. The quantitative estimate of drug-likeness (QED) is 0.434. The van der Waals surface area contributed by atoms with Crippen molar-refractivity contribution in [3.05, 3.63) is 24.3 Å². The van der Waals surface area contributed by atoms with Crippen LogP contribution in [0.5, 0.6) is 11.5 Å². The van der Waals surface area contributed by atoms with E-state index in [2.05, 4.69) is 0 Å². The third kappa shape index (κ3) is 5.36. The van der Waals surface area contributed by atoms with Crippen LogP contribution in [0.2, 0.25) is 0 Å². The van der Waals surface area contributed by atoms with Crippen LogP contribution in [0.3, 0.4) is 0 Å². The van der Waals surface area contributed by atoms with Crippen molar-refractivity contribution < 1.29 is 19.0 Å². The zero-order chi connectivity index (χ0) is 12.7. The van der Waals surface area contributed by atoms with Gasteiger partial charge in [0.05, 0.1) is 12.7 Å². The second-order valence-electron chi connectivity index (χ2n) is 3.81. The molecule has 0 saturated carbocycles. The van der Waals surface area contributed by atoms with Gasteiger partial charge >= 0.3 is 5.97 Å². The van der Waals surface area contributed by atoms with Gasteiger partial charge in [-0.25, -0.2) is 0 Å². The monoisotopic (exact) mass is 238 g/mol. The highest BCUT2D eigenvalue weighted by atomic mass is 16.6. The maximum atomic E-state index is 10.9. The van der Waals surface area contributed by atoms with Crippen LogP contribution in [0.15, 0.2) is 24.3 Å². The molecule has 0 bridgehead atoms. The standard InChI is InChI=1S/C13H18O4/c1-10(2)15-8-9-16-12-6-4-5-7-13(12)17-11(3)14/h4-7,10H,8-9H2,1-3H3. The van der Waals surface area contributed by atoms with E-state index >= 15 is 0 Å². The molecule has 0 aliphatic rings. The van der Waals surface area contributed by atoms with Gasteiger partial charge < -0.3 is 14.2 Å². The summed E-state index contributed by atoms with van der Waals surface area (Å²) in [5.74, 6) is 0.624. The average Bonchev–Trinajstić information content (AvgIpc) is 2.25. The number of ether oxygens (including phenoxy) is 3. The predicted molar refractivity (Wildman–Crippen MR) is 64.3 cm³/mol. The molecule has 0 aliphatic carbocycles. The van der Waals surface area contributed by atoms with Crippen LogP contribution in [0.4, 0.5) is 0 Å². The van der Waals surface area contributed by atoms with Crippen LogP contribution in [0.25, 0.3) is 0 Å². The summed E-state index contributed by atoms with van der Waals surface area (Å²) in [7, 11) is 0. The highest BCUT2D eigenvalue weighted by Crippen LogP contribution is 2.26. The maximum Gasteiger partial charge on any atom is 0.308 e. The number of hydrogen-bond donors (Lipinski definition) is 0. The summed E-state index contributed by atoms with van der Waals surface area (Å²) in [6, 6.07) is 7.06. The SMILES string of the molecule is CC(=O)Oc1ccccc1OCCOC(C)C. The smallest absolute Gasteiger partial charge is 0.308 e. The fraction of sp³-hybridized carbons (Fsp3) is 0.462. The first-order chi connectivity index (χ1) is 8.09. The normalized spacial score (nSPS) is 10.4. The van der Waals surface area contributed by atoms with Gasteiger partial charge in [0, 0.05) is 6.92 Å². The lowest BCUT2D eigenvalue weighted by Gasteiger charge is -2.11. The minimum atomic E-state index is -0.362. The van der Waals surface area contributed by atoms with Gasteiger partial charge in [-0.3, -0.25) is 4.79 Å². The van der Waals surface area contributed by atoms with E-state index in [1.54, 1.807) is 18.2 Å². The van der Waals surface area contributed by atoms with Gasteiger partial charge in [0.15, 0.2) is 11.5 Å². The zero-order valence-corrected chi connectivity index (χ0v) is 10.4. The van der Waals surface area contributed by atoms with Gasteiger partial charge in [0.2, 0.25) is 0 Å². The van der Waals surface area contributed by atoms with E-state index in [9.17, 15) is 4.79 Å². The molecule has 4 heteroatoms. The van der Waals surface area contributed by atoms with Gasteiger partial charge in [-0.15, -0.1) is 0 Å². The molecule has 0 unspecified atom stereocenters. The molecule has 0 amide bonds. The lowest BCUT2D eigenvalue weighted by Crippen LogP contribution is -2.12. The number of esters is 1. The minimum absolute atomic E-state index is 0.183. The molecule has 4 nitrogen and oxygen atoms in total. The molecule has 0 fully saturated rings. The Hall–Kier alpha value is -1.55. The first-order valence-corrected chi connectivity index (χ1v) is 5.61. The Bertz CT molecular complexity index is 360. The Kier molecular flexibility index (Phi) is 5.49. The second kappa shape index (κ2) is 6.91. The number of benzene rings is 1. The number of hydrogen-bond acceptors (Lipinski definition) is 4. The Morgan fingerprint density at radius 3 is 2.41 bits per heavy atom. The van der Waals surface area contributed by atoms with Crippen molar-refractivity contribution in [3.63, 3.8) is 0 Å². The molecule has 17 heavy (non-hydrogen) atoms. The molecule has 0 aliphatic heterocycles. The van der Waals surface area contributed by atoms with Crippen LogP contribution in [0, 0.1) is 0 Å². The summed E-state index contributed by atoms with van der Waals surface area (Å²) in [4.78, 5) is 10.9. The molecule has 1 aromatic rings. The van der Waals surface area contributed by atoms with E-state index in [1.807, 2.05) is 19.9 Å². The second-order valence-corrected chi connectivity index (χ2v) is 3.81. The summed E-state index contributed by atoms with van der Waals surface area (Å²) < 4.78 is 15.9. The summed E-state index contributed by atoms with van der Waals surface area (Å²) in [6.07, 6.45) is 0.183. The van der Waals surface area contributed by atoms with Crippen molar-refractivity contribution in [3.8, 4) is 11.5 Å². The van der Waals surface area contributed by atoms with Crippen molar-refractivity contribution in [1.29, 1.82) is 0 Å². The largest absolute Gasteiger partial charge is 0.487 e. The Labute approximate surface area is 101 Å². The summed E-state index contributed by atoms with van der Waals surface area (Å²) in [5.41, 5.74) is 0. The topological polar surface area (TPSA) is 44.8 Å². The zero-order valence-electron chi connectivity index (χ0n) is 10.4. The average molecular weight is 238 g/mol. The van der Waals surface area contributed by atoms with Gasteiger partial charge in [0.1, 0.15) is 6.61 Å². The lowest BCUT2D eigenvalue weighted by molar-refractivity contribution is -0.132. The van der Waals surface area contributed by atoms with Crippen molar-refractivity contribution in [1.82, 2.24) is 0 Å². The third-order valence-corrected chi connectivity index (χ3v) is 1.89. The van der Waals surface area contributed by atoms with Crippen molar-refractivity contribution in [2.24, 2.45) is 0 Å². The van der Waals surface area contributed by atoms with Crippen molar-refractivity contribution >= 4 is 5.97 Å². The lowest BCUT2D eigenvalue weighted by atomic mass is 10.3. The summed E-state index contributed by atoms with van der Waals surface area (Å²) >= 11 is 0. The van der Waals surface area contributed by atoms with Gasteiger partial charge in [-0.2, -0.15) is 0 Å². The first kappa shape index (κ1) is 13.5. The minimum Gasteiger partial charge on any atom is -0.487 e. The van der Waals surface area contributed by atoms with Gasteiger partial charge in [0.25, 0.3) is 0 Å². The molecule has 0 saturated heterocycles. The molecular weight excluding hydrogens is 220 g/mol. The maximum absolute atomic E-state index is 10.9. The van der Waals surface area contributed by atoms with E-state index in [4.69, 9.17) is 14.2 Å². The Balaban J connectivity index is 2.49. The number of carbonyl (C=O) groups is 1. The summed E-state index contributed by atoms with van der Waals surface area (Å²) in [6.45, 7) is 6.22. The first-order valence-electron chi connectivity index (χ1n) is 5.61. The van der Waals surface area contributed by atoms with Crippen molar-refractivity contribution in [2.45, 2.75) is 26.9 Å². The Morgan fingerprint density at radius 1 is 1.18 bits per heavy atom. The Morgan fingerprint density at radius 2 is 1.82 bits per heavy atom. The van der Waals surface area contributed by atoms with Crippen LogP contribution in [-0.4, -0.2) is 25.3 Å².